The van der Waals surface area contributed by atoms with E-state index < -0.39 is 56.5 Å². The van der Waals surface area contributed by atoms with Crippen LogP contribution in [0.4, 0.5) is 34.1 Å². The second-order valence-corrected chi connectivity index (χ2v) is 14.8. The minimum Gasteiger partial charge on any atom is -0.505 e. The second kappa shape index (κ2) is 13.0. The molecule has 0 atom stereocenters. The van der Waals surface area contributed by atoms with E-state index in [1.165, 1.54) is 42.5 Å². The maximum atomic E-state index is 12.3. The maximum Gasteiger partial charge on any atom is 0.296 e. The number of nitrogens with one attached hydrogen (secondary N) is 1. The van der Waals surface area contributed by atoms with Gasteiger partial charge in [0.1, 0.15) is 20.4 Å². The summed E-state index contributed by atoms with van der Waals surface area (Å²) in [6.45, 7) is 0. The van der Waals surface area contributed by atoms with Crippen molar-refractivity contribution in [2.75, 3.05) is 5.32 Å². The Balaban J connectivity index is 1.30. The van der Waals surface area contributed by atoms with Crippen LogP contribution < -0.4 is 5.32 Å². The number of anilines is 2. The van der Waals surface area contributed by atoms with E-state index in [4.69, 9.17) is 0 Å². The molecule has 254 valence electrons. The van der Waals surface area contributed by atoms with Crippen LogP contribution in [-0.4, -0.2) is 44.0 Å². The molecule has 5 N–H and O–H groups in total. The first kappa shape index (κ1) is 34.2. The molecule has 6 aromatic carbocycles. The van der Waals surface area contributed by atoms with Crippen molar-refractivity contribution < 1.29 is 44.0 Å². The van der Waals surface area contributed by atoms with E-state index in [0.717, 1.165) is 23.9 Å². The lowest BCUT2D eigenvalue weighted by Crippen LogP contribution is -2.03. The number of hydrogen-bond acceptors (Lipinski definition) is 12. The molecule has 0 aliphatic carbocycles. The third-order valence-corrected chi connectivity index (χ3v) is 9.92. The average molecular weight is 734 g/mol. The number of fused-ring (bicyclic) bond motifs is 2. The number of para-hydroxylation sites is 1. The van der Waals surface area contributed by atoms with Gasteiger partial charge in [0.25, 0.3) is 30.4 Å². The Morgan fingerprint density at radius 2 is 1.06 bits per heavy atom. The Bertz CT molecular complexity index is 2700. The van der Waals surface area contributed by atoms with Crippen LogP contribution in [-0.2, 0) is 30.4 Å². The molecule has 0 aliphatic heterocycles. The third-order valence-electron chi connectivity index (χ3n) is 7.25. The summed E-state index contributed by atoms with van der Waals surface area (Å²) in [6, 6.07) is 26.5. The number of azo groups is 2. The highest BCUT2D eigenvalue weighted by Gasteiger charge is 2.23. The van der Waals surface area contributed by atoms with Gasteiger partial charge >= 0.3 is 0 Å². The van der Waals surface area contributed by atoms with Crippen molar-refractivity contribution in [1.82, 2.24) is 0 Å². The third kappa shape index (κ3) is 7.34. The van der Waals surface area contributed by atoms with Crippen LogP contribution >= 0.6 is 0 Å². The van der Waals surface area contributed by atoms with Gasteiger partial charge in [-0.25, -0.2) is 0 Å². The summed E-state index contributed by atoms with van der Waals surface area (Å²) >= 11 is 0. The van der Waals surface area contributed by atoms with Gasteiger partial charge in [0.05, 0.1) is 17.1 Å². The van der Waals surface area contributed by atoms with Gasteiger partial charge in [0.2, 0.25) is 0 Å². The summed E-state index contributed by atoms with van der Waals surface area (Å²) in [6.07, 6.45) is 0. The van der Waals surface area contributed by atoms with Crippen LogP contribution in [0.25, 0.3) is 21.5 Å². The number of rotatable bonds is 9. The van der Waals surface area contributed by atoms with Crippen molar-refractivity contribution in [3.63, 3.8) is 0 Å². The van der Waals surface area contributed by atoms with Gasteiger partial charge in [-0.15, -0.1) is 5.11 Å². The highest BCUT2D eigenvalue weighted by Crippen LogP contribution is 2.42. The van der Waals surface area contributed by atoms with Gasteiger partial charge in [-0.1, -0.05) is 30.3 Å². The molecule has 0 saturated carbocycles. The minimum atomic E-state index is -4.86. The molecule has 0 spiro atoms. The summed E-state index contributed by atoms with van der Waals surface area (Å²) in [4.78, 5) is -1.94. The molecular weight excluding hydrogens is 711 g/mol. The molecule has 0 aliphatic rings. The molecule has 15 nitrogen and oxygen atoms in total. The molecule has 18 heteroatoms. The van der Waals surface area contributed by atoms with Gasteiger partial charge in [0.15, 0.2) is 5.75 Å². The summed E-state index contributed by atoms with van der Waals surface area (Å²) < 4.78 is 102. The summed E-state index contributed by atoms with van der Waals surface area (Å²) in [5, 5.41) is 30.1. The van der Waals surface area contributed by atoms with Gasteiger partial charge < -0.3 is 10.4 Å². The Kier molecular flexibility index (Phi) is 8.91. The van der Waals surface area contributed by atoms with Crippen molar-refractivity contribution in [3.8, 4) is 5.75 Å². The lowest BCUT2D eigenvalue weighted by molar-refractivity contribution is 0.472. The molecule has 0 unspecified atom stereocenters. The Hall–Kier alpha value is -5.63. The molecule has 0 saturated heterocycles. The molecule has 0 amide bonds. The van der Waals surface area contributed by atoms with Crippen LogP contribution in [0.5, 0.6) is 5.75 Å². The predicted molar refractivity (Wildman–Crippen MR) is 184 cm³/mol. The first-order valence-corrected chi connectivity index (χ1v) is 18.4. The molecule has 6 rings (SSSR count). The summed E-state index contributed by atoms with van der Waals surface area (Å²) in [7, 11) is -14.5. The van der Waals surface area contributed by atoms with Crippen molar-refractivity contribution >= 4 is 86.0 Å². The fourth-order valence-corrected chi connectivity index (χ4v) is 7.11. The normalized spacial score (nSPS) is 12.7. The zero-order chi connectivity index (χ0) is 35.8. The Morgan fingerprint density at radius 1 is 0.460 bits per heavy atom. The van der Waals surface area contributed by atoms with Crippen molar-refractivity contribution in [2.45, 2.75) is 14.7 Å². The van der Waals surface area contributed by atoms with Gasteiger partial charge in [-0.05, 0) is 84.2 Å². The molecule has 0 heterocycles. The molecule has 0 bridgehead atoms. The van der Waals surface area contributed by atoms with E-state index in [9.17, 15) is 44.0 Å². The van der Waals surface area contributed by atoms with Crippen LogP contribution in [0.1, 0.15) is 0 Å². The predicted octanol–water partition coefficient (Wildman–Crippen LogP) is 8.01. The minimum absolute atomic E-state index is 0.169. The summed E-state index contributed by atoms with van der Waals surface area (Å²) in [5.41, 5.74) is 1.08. The monoisotopic (exact) mass is 733 g/mol. The van der Waals surface area contributed by atoms with Crippen LogP contribution in [0.2, 0.25) is 0 Å². The lowest BCUT2D eigenvalue weighted by Gasteiger charge is -2.11. The molecule has 0 fully saturated rings. The van der Waals surface area contributed by atoms with Crippen molar-refractivity contribution in [2.24, 2.45) is 20.5 Å². The van der Waals surface area contributed by atoms with Crippen molar-refractivity contribution in [1.29, 1.82) is 0 Å². The zero-order valence-electron chi connectivity index (χ0n) is 25.1. The molecule has 0 radical (unpaired) electrons. The van der Waals surface area contributed by atoms with Crippen LogP contribution in [0, 0.1) is 0 Å². The van der Waals surface area contributed by atoms with Crippen LogP contribution in [0.3, 0.4) is 0 Å². The lowest BCUT2D eigenvalue weighted by atomic mass is 10.1. The highest BCUT2D eigenvalue weighted by molar-refractivity contribution is 7.86. The number of aromatic hydroxyl groups is 1. The largest absolute Gasteiger partial charge is 0.505 e. The SMILES string of the molecule is O=S(=O)(O)c1cc2cc(Nc3ccccc3)ccc2c(O)c1N=Nc1ccc(N=Nc2cc(S(=O)(=O)O)c3cccc(S(=O)(=O)O)c3c2)cc1. The first-order chi connectivity index (χ1) is 23.6. The molecule has 0 aromatic heterocycles. The van der Waals surface area contributed by atoms with E-state index in [2.05, 4.69) is 25.8 Å². The number of benzene rings is 6. The first-order valence-electron chi connectivity index (χ1n) is 14.1. The Labute approximate surface area is 284 Å². The smallest absolute Gasteiger partial charge is 0.296 e. The van der Waals surface area contributed by atoms with Gasteiger partial charge in [-0.2, -0.15) is 40.6 Å². The van der Waals surface area contributed by atoms with E-state index in [0.29, 0.717) is 11.1 Å². The average Bonchev–Trinajstić information content (AvgIpc) is 3.05. The number of hydrogen-bond donors (Lipinski definition) is 5. The summed E-state index contributed by atoms with van der Waals surface area (Å²) in [5.74, 6) is -0.535. The van der Waals surface area contributed by atoms with E-state index in [1.807, 2.05) is 30.3 Å². The quantitative estimate of drug-likeness (QED) is 0.0703. The number of phenolic OH excluding ortho intramolecular Hbond substituents is 1. The van der Waals surface area contributed by atoms with Gasteiger partial charge in [0, 0.05) is 27.5 Å². The van der Waals surface area contributed by atoms with E-state index in [-0.39, 0.29) is 33.2 Å². The second-order valence-electron chi connectivity index (χ2n) is 10.6. The fourth-order valence-electron chi connectivity index (χ4n) is 5.03. The van der Waals surface area contributed by atoms with Crippen molar-refractivity contribution in [3.05, 3.63) is 109 Å². The standard InChI is InChI=1S/C32H23N5O10S3/c38-32-25-14-13-23(33-20-5-2-1-3-6-20)15-19(25)16-30(50(45,46)47)31(32)37-35-22-11-9-21(10-12-22)34-36-24-17-27-26(29(18-24)49(42,43)44)7-4-8-28(27)48(39,40)41/h1-18,33,38H,(H,39,40,41)(H,42,43,44)(H,45,46,47). The maximum absolute atomic E-state index is 12.3. The zero-order valence-corrected chi connectivity index (χ0v) is 27.6. The van der Waals surface area contributed by atoms with E-state index in [1.54, 1.807) is 18.2 Å². The Morgan fingerprint density at radius 3 is 1.68 bits per heavy atom. The molecular formula is C32H23N5O10S3. The van der Waals surface area contributed by atoms with E-state index >= 15 is 0 Å². The molecule has 50 heavy (non-hydrogen) atoms. The fraction of sp³-hybridized carbons (Fsp3) is 0. The number of nitrogens with zero attached hydrogens (tertiary/aromatic N) is 4. The topological polar surface area (TPSA) is 245 Å². The van der Waals surface area contributed by atoms with Gasteiger partial charge in [-0.3, -0.25) is 13.7 Å². The number of phenols is 1. The molecule has 6 aromatic rings. The highest BCUT2D eigenvalue weighted by atomic mass is 32.2. The van der Waals surface area contributed by atoms with Crippen LogP contribution in [0.15, 0.2) is 144 Å².